The standard InChI is InChI=1S/C16H26O4/c1-3-4-5-9-16(2,20)10-8-12-6-7-14(17)13(12)11-15(18)19/h6,8,10,13-14,17,20H,3-5,7,9,11H2,1-2H3,(H,18,19)/t13?,14?,16-/m0/s1. The van der Waals surface area contributed by atoms with Crippen LogP contribution in [0, 0.1) is 5.92 Å². The van der Waals surface area contributed by atoms with Crippen molar-refractivity contribution in [1.29, 1.82) is 0 Å². The zero-order valence-electron chi connectivity index (χ0n) is 12.4. The Morgan fingerprint density at radius 2 is 2.20 bits per heavy atom. The molecule has 1 aliphatic carbocycles. The minimum atomic E-state index is -0.912. The smallest absolute Gasteiger partial charge is 0.304 e. The molecule has 0 aromatic carbocycles. The first kappa shape index (κ1) is 16.9. The van der Waals surface area contributed by atoms with Crippen LogP contribution in [0.4, 0.5) is 0 Å². The van der Waals surface area contributed by atoms with E-state index in [1.54, 1.807) is 19.1 Å². The lowest BCUT2D eigenvalue weighted by Gasteiger charge is -2.20. The summed E-state index contributed by atoms with van der Waals surface area (Å²) in [5, 5.41) is 28.9. The molecule has 3 N–H and O–H groups in total. The molecule has 0 radical (unpaired) electrons. The summed E-state index contributed by atoms with van der Waals surface area (Å²) in [5.74, 6) is -1.28. The molecule has 0 bridgehead atoms. The Morgan fingerprint density at radius 1 is 1.50 bits per heavy atom. The number of rotatable bonds is 8. The number of aliphatic carboxylic acids is 1. The highest BCUT2D eigenvalue weighted by atomic mass is 16.4. The number of hydrogen-bond donors (Lipinski definition) is 3. The summed E-state index contributed by atoms with van der Waals surface area (Å²) in [4.78, 5) is 10.8. The number of hydrogen-bond acceptors (Lipinski definition) is 3. The Balaban J connectivity index is 2.61. The molecule has 0 fully saturated rings. The highest BCUT2D eigenvalue weighted by Crippen LogP contribution is 2.31. The van der Waals surface area contributed by atoms with Crippen LogP contribution < -0.4 is 0 Å². The number of carbonyl (C=O) groups is 1. The van der Waals surface area contributed by atoms with Crippen molar-refractivity contribution in [3.63, 3.8) is 0 Å². The maximum Gasteiger partial charge on any atom is 0.304 e. The molecule has 1 aliphatic rings. The summed E-state index contributed by atoms with van der Waals surface area (Å²) in [6.45, 7) is 3.88. The van der Waals surface area contributed by atoms with Gasteiger partial charge in [0.15, 0.2) is 0 Å². The average Bonchev–Trinajstić information content (AvgIpc) is 2.68. The van der Waals surface area contributed by atoms with Crippen LogP contribution in [0.1, 0.15) is 52.4 Å². The van der Waals surface area contributed by atoms with E-state index in [-0.39, 0.29) is 12.3 Å². The second-order valence-electron chi connectivity index (χ2n) is 5.86. The van der Waals surface area contributed by atoms with E-state index in [0.717, 1.165) is 24.8 Å². The number of unbranched alkanes of at least 4 members (excludes halogenated alkanes) is 2. The van der Waals surface area contributed by atoms with Crippen LogP contribution in [0.15, 0.2) is 23.8 Å². The van der Waals surface area contributed by atoms with Gasteiger partial charge >= 0.3 is 5.97 Å². The van der Waals surface area contributed by atoms with Crippen molar-refractivity contribution in [2.24, 2.45) is 5.92 Å². The zero-order chi connectivity index (χ0) is 15.2. The molecule has 0 saturated heterocycles. The Kier molecular flexibility index (Phi) is 6.43. The fourth-order valence-corrected chi connectivity index (χ4v) is 2.52. The third-order valence-corrected chi connectivity index (χ3v) is 3.80. The first-order valence-electron chi connectivity index (χ1n) is 7.37. The van der Waals surface area contributed by atoms with Crippen molar-refractivity contribution in [1.82, 2.24) is 0 Å². The number of carboxylic acids is 1. The van der Waals surface area contributed by atoms with E-state index in [1.165, 1.54) is 0 Å². The molecule has 0 aromatic rings. The van der Waals surface area contributed by atoms with Gasteiger partial charge in [-0.05, 0) is 25.3 Å². The van der Waals surface area contributed by atoms with Gasteiger partial charge in [0.05, 0.1) is 18.1 Å². The molecule has 114 valence electrons. The van der Waals surface area contributed by atoms with Crippen molar-refractivity contribution in [2.75, 3.05) is 0 Å². The van der Waals surface area contributed by atoms with Crippen LogP contribution in [0.5, 0.6) is 0 Å². The third kappa shape index (κ3) is 5.47. The summed E-state index contributed by atoms with van der Waals surface area (Å²) in [7, 11) is 0. The van der Waals surface area contributed by atoms with Gasteiger partial charge in [-0.3, -0.25) is 4.79 Å². The fourth-order valence-electron chi connectivity index (χ4n) is 2.52. The van der Waals surface area contributed by atoms with Crippen molar-refractivity contribution in [3.05, 3.63) is 23.8 Å². The lowest BCUT2D eigenvalue weighted by Crippen LogP contribution is -2.22. The maximum absolute atomic E-state index is 10.8. The van der Waals surface area contributed by atoms with Crippen LogP contribution in [0.2, 0.25) is 0 Å². The quantitative estimate of drug-likeness (QED) is 0.598. The monoisotopic (exact) mass is 282 g/mol. The molecule has 0 heterocycles. The third-order valence-electron chi connectivity index (χ3n) is 3.80. The first-order chi connectivity index (χ1) is 9.35. The second kappa shape index (κ2) is 7.60. The van der Waals surface area contributed by atoms with Gasteiger partial charge in [0.2, 0.25) is 0 Å². The van der Waals surface area contributed by atoms with E-state index < -0.39 is 17.7 Å². The van der Waals surface area contributed by atoms with E-state index in [0.29, 0.717) is 12.8 Å². The normalized spacial score (nSPS) is 25.7. The maximum atomic E-state index is 10.8. The predicted octanol–water partition coefficient (Wildman–Crippen LogP) is 2.66. The van der Waals surface area contributed by atoms with Crippen LogP contribution in [0.3, 0.4) is 0 Å². The molecule has 2 unspecified atom stereocenters. The molecule has 4 heteroatoms. The fraction of sp³-hybridized carbons (Fsp3) is 0.688. The molecule has 3 atom stereocenters. The second-order valence-corrected chi connectivity index (χ2v) is 5.86. The average molecular weight is 282 g/mol. The Bertz CT molecular complexity index is 382. The molecule has 0 aromatic heterocycles. The van der Waals surface area contributed by atoms with Gasteiger partial charge in [0, 0.05) is 5.92 Å². The summed E-state index contributed by atoms with van der Waals surface area (Å²) in [5.41, 5.74) is -0.0622. The lowest BCUT2D eigenvalue weighted by molar-refractivity contribution is -0.138. The zero-order valence-corrected chi connectivity index (χ0v) is 12.4. The Morgan fingerprint density at radius 3 is 2.80 bits per heavy atom. The summed E-state index contributed by atoms with van der Waals surface area (Å²) in [6.07, 6.45) is 8.99. The van der Waals surface area contributed by atoms with Crippen molar-refractivity contribution < 1.29 is 20.1 Å². The minimum absolute atomic E-state index is 0.0741. The molecule has 1 rings (SSSR count). The van der Waals surface area contributed by atoms with Crippen LogP contribution in [-0.4, -0.2) is 33.0 Å². The first-order valence-corrected chi connectivity index (χ1v) is 7.37. The van der Waals surface area contributed by atoms with E-state index in [9.17, 15) is 15.0 Å². The van der Waals surface area contributed by atoms with Gasteiger partial charge in [-0.25, -0.2) is 0 Å². The van der Waals surface area contributed by atoms with Gasteiger partial charge in [-0.15, -0.1) is 0 Å². The molecule has 0 saturated carbocycles. The summed E-state index contributed by atoms with van der Waals surface area (Å²) >= 11 is 0. The van der Waals surface area contributed by atoms with Gasteiger partial charge in [0.1, 0.15) is 0 Å². The highest BCUT2D eigenvalue weighted by Gasteiger charge is 2.29. The highest BCUT2D eigenvalue weighted by molar-refractivity contribution is 5.68. The molecular formula is C16H26O4. The van der Waals surface area contributed by atoms with E-state index in [4.69, 9.17) is 5.11 Å². The number of allylic oxidation sites excluding steroid dienone is 1. The molecule has 0 amide bonds. The van der Waals surface area contributed by atoms with Gasteiger partial charge < -0.3 is 15.3 Å². The number of aliphatic hydroxyl groups excluding tert-OH is 1. The topological polar surface area (TPSA) is 77.8 Å². The van der Waals surface area contributed by atoms with Crippen molar-refractivity contribution in [3.8, 4) is 0 Å². The predicted molar refractivity (Wildman–Crippen MR) is 78.4 cm³/mol. The van der Waals surface area contributed by atoms with E-state index in [1.807, 2.05) is 6.08 Å². The Hall–Kier alpha value is -1.13. The summed E-state index contributed by atoms with van der Waals surface area (Å²) in [6, 6.07) is 0. The van der Waals surface area contributed by atoms with Gasteiger partial charge in [-0.1, -0.05) is 44.4 Å². The lowest BCUT2D eigenvalue weighted by atomic mass is 9.92. The molecular weight excluding hydrogens is 256 g/mol. The van der Waals surface area contributed by atoms with Gasteiger partial charge in [-0.2, -0.15) is 0 Å². The van der Waals surface area contributed by atoms with E-state index >= 15 is 0 Å². The molecule has 0 spiro atoms. The van der Waals surface area contributed by atoms with Gasteiger partial charge in [0.25, 0.3) is 0 Å². The van der Waals surface area contributed by atoms with Crippen LogP contribution in [0.25, 0.3) is 0 Å². The number of carboxylic acid groups (broad SMARTS) is 1. The largest absolute Gasteiger partial charge is 0.481 e. The van der Waals surface area contributed by atoms with Crippen LogP contribution >= 0.6 is 0 Å². The van der Waals surface area contributed by atoms with Crippen molar-refractivity contribution in [2.45, 2.75) is 64.1 Å². The SMILES string of the molecule is CCCCC[C@](C)(O)C=CC1=CCC(O)C1CC(=O)O. The minimum Gasteiger partial charge on any atom is -0.481 e. The summed E-state index contributed by atoms with van der Waals surface area (Å²) < 4.78 is 0. The number of aliphatic hydroxyl groups is 2. The van der Waals surface area contributed by atoms with E-state index in [2.05, 4.69) is 6.92 Å². The van der Waals surface area contributed by atoms with Crippen molar-refractivity contribution >= 4 is 5.97 Å². The van der Waals surface area contributed by atoms with Crippen LogP contribution in [-0.2, 0) is 4.79 Å². The molecule has 20 heavy (non-hydrogen) atoms. The molecule has 4 nitrogen and oxygen atoms in total. The Labute approximate surface area is 120 Å². The molecule has 0 aliphatic heterocycles.